The second kappa shape index (κ2) is 10.8. The van der Waals surface area contributed by atoms with Crippen molar-refractivity contribution in [2.75, 3.05) is 27.9 Å². The van der Waals surface area contributed by atoms with Gasteiger partial charge in [-0.3, -0.25) is 9.59 Å². The minimum atomic E-state index is -0.376. The summed E-state index contributed by atoms with van der Waals surface area (Å²) in [4.78, 5) is 27.4. The van der Waals surface area contributed by atoms with E-state index in [1.807, 2.05) is 0 Å². The molecule has 9 nitrogen and oxygen atoms in total. The quantitative estimate of drug-likeness (QED) is 0.628. The Labute approximate surface area is 181 Å². The van der Waals surface area contributed by atoms with Crippen molar-refractivity contribution in [1.29, 1.82) is 0 Å². The molecule has 168 valence electrons. The number of H-pyrrole nitrogens is 1. The van der Waals surface area contributed by atoms with Crippen molar-refractivity contribution in [1.82, 2.24) is 20.5 Å². The van der Waals surface area contributed by atoms with Crippen LogP contribution in [-0.2, 0) is 11.2 Å². The number of rotatable bonds is 9. The van der Waals surface area contributed by atoms with Gasteiger partial charge >= 0.3 is 0 Å². The van der Waals surface area contributed by atoms with Gasteiger partial charge in [0.05, 0.1) is 21.3 Å². The van der Waals surface area contributed by atoms with Crippen LogP contribution in [0.15, 0.2) is 16.9 Å². The number of hydrogen-bond acceptors (Lipinski definition) is 7. The zero-order valence-electron chi connectivity index (χ0n) is 18.3. The second-order valence-electron chi connectivity index (χ2n) is 7.67. The maximum absolute atomic E-state index is 12.5. The number of nitrogens with one attached hydrogen (secondary N) is 2. The normalized spacial score (nSPS) is 14.2. The second-order valence-corrected chi connectivity index (χ2v) is 7.67. The highest BCUT2D eigenvalue weighted by atomic mass is 16.5. The fraction of sp³-hybridized carbons (Fsp3) is 0.545. The third-order valence-electron chi connectivity index (χ3n) is 5.60. The van der Waals surface area contributed by atoms with E-state index in [1.54, 1.807) is 12.1 Å². The van der Waals surface area contributed by atoms with Crippen molar-refractivity contribution in [3.05, 3.63) is 28.2 Å². The molecule has 1 aliphatic rings. The lowest BCUT2D eigenvalue weighted by atomic mass is 9.89. The Kier molecular flexibility index (Phi) is 7.86. The Hall–Kier alpha value is -3.10. The Morgan fingerprint density at radius 2 is 1.74 bits per heavy atom. The first-order chi connectivity index (χ1) is 15.0. The maximum Gasteiger partial charge on any atom is 0.273 e. The van der Waals surface area contributed by atoms with E-state index in [-0.39, 0.29) is 35.8 Å². The SMILES string of the molecule is COc1cc(-c2nnc(CCC(=O)NCC3CCCCC3)c(=O)[nH]2)cc(OC)c1OC. The number of ether oxygens (including phenoxy) is 3. The van der Waals surface area contributed by atoms with Gasteiger partial charge in [-0.05, 0) is 30.9 Å². The van der Waals surface area contributed by atoms with E-state index in [0.29, 0.717) is 35.3 Å². The molecule has 3 rings (SSSR count). The van der Waals surface area contributed by atoms with E-state index in [9.17, 15) is 9.59 Å². The summed E-state index contributed by atoms with van der Waals surface area (Å²) >= 11 is 0. The fourth-order valence-corrected chi connectivity index (χ4v) is 3.84. The van der Waals surface area contributed by atoms with Gasteiger partial charge in [0.1, 0.15) is 5.69 Å². The molecule has 0 spiro atoms. The van der Waals surface area contributed by atoms with Gasteiger partial charge in [0.15, 0.2) is 17.3 Å². The molecule has 0 atom stereocenters. The Morgan fingerprint density at radius 1 is 1.06 bits per heavy atom. The van der Waals surface area contributed by atoms with Crippen molar-refractivity contribution in [2.24, 2.45) is 5.92 Å². The highest BCUT2D eigenvalue weighted by Gasteiger charge is 2.17. The van der Waals surface area contributed by atoms with Gasteiger partial charge < -0.3 is 24.5 Å². The molecule has 0 radical (unpaired) electrons. The lowest BCUT2D eigenvalue weighted by Gasteiger charge is -2.21. The maximum atomic E-state index is 12.5. The lowest BCUT2D eigenvalue weighted by Crippen LogP contribution is -2.31. The highest BCUT2D eigenvalue weighted by Crippen LogP contribution is 2.40. The van der Waals surface area contributed by atoms with Crippen LogP contribution in [0.25, 0.3) is 11.4 Å². The first-order valence-electron chi connectivity index (χ1n) is 10.6. The number of carbonyl (C=O) groups excluding carboxylic acids is 1. The molecule has 0 unspecified atom stereocenters. The molecule has 1 aromatic carbocycles. The number of benzene rings is 1. The molecule has 0 bridgehead atoms. The van der Waals surface area contributed by atoms with Gasteiger partial charge in [-0.25, -0.2) is 0 Å². The summed E-state index contributed by atoms with van der Waals surface area (Å²) in [7, 11) is 4.54. The van der Waals surface area contributed by atoms with Crippen molar-refractivity contribution >= 4 is 5.91 Å². The highest BCUT2D eigenvalue weighted by molar-refractivity contribution is 5.76. The van der Waals surface area contributed by atoms with Crippen molar-refractivity contribution in [2.45, 2.75) is 44.9 Å². The van der Waals surface area contributed by atoms with Crippen LogP contribution in [0.5, 0.6) is 17.2 Å². The van der Waals surface area contributed by atoms with E-state index in [4.69, 9.17) is 14.2 Å². The van der Waals surface area contributed by atoms with Crippen LogP contribution in [0, 0.1) is 5.92 Å². The molecule has 0 aliphatic heterocycles. The standard InChI is InChI=1S/C22H30N4O5/c1-29-17-11-15(12-18(30-2)20(17)31-3)21-24-22(28)16(25-26-21)9-10-19(27)23-13-14-7-5-4-6-8-14/h11-12,14H,4-10,13H2,1-3H3,(H,23,27)(H,24,26,28). The molecule has 31 heavy (non-hydrogen) atoms. The first-order valence-corrected chi connectivity index (χ1v) is 10.6. The topological polar surface area (TPSA) is 115 Å². The predicted molar refractivity (Wildman–Crippen MR) is 116 cm³/mol. The van der Waals surface area contributed by atoms with Crippen LogP contribution in [0.3, 0.4) is 0 Å². The summed E-state index contributed by atoms with van der Waals surface area (Å²) in [5.74, 6) is 2.10. The van der Waals surface area contributed by atoms with Crippen molar-refractivity contribution < 1.29 is 19.0 Å². The molecular formula is C22H30N4O5. The Balaban J connectivity index is 1.65. The van der Waals surface area contributed by atoms with Crippen LogP contribution in [0.4, 0.5) is 0 Å². The Bertz CT molecular complexity index is 928. The van der Waals surface area contributed by atoms with E-state index < -0.39 is 0 Å². The zero-order valence-corrected chi connectivity index (χ0v) is 18.3. The number of aryl methyl sites for hydroxylation is 1. The Morgan fingerprint density at radius 3 is 2.32 bits per heavy atom. The molecule has 0 saturated heterocycles. The summed E-state index contributed by atoms with van der Waals surface area (Å²) in [5, 5.41) is 11.1. The largest absolute Gasteiger partial charge is 0.493 e. The molecule has 1 aliphatic carbocycles. The number of methoxy groups -OCH3 is 3. The summed E-state index contributed by atoms with van der Waals surface area (Å²) in [6, 6.07) is 3.36. The first kappa shape index (κ1) is 22.6. The van der Waals surface area contributed by atoms with E-state index in [1.165, 1.54) is 53.4 Å². The van der Waals surface area contributed by atoms with Crippen molar-refractivity contribution in [3.63, 3.8) is 0 Å². The minimum absolute atomic E-state index is 0.0690. The molecular weight excluding hydrogens is 400 g/mol. The lowest BCUT2D eigenvalue weighted by molar-refractivity contribution is -0.121. The summed E-state index contributed by atoms with van der Waals surface area (Å²) in [6.07, 6.45) is 6.55. The number of nitrogens with zero attached hydrogens (tertiary/aromatic N) is 2. The number of aromatic amines is 1. The molecule has 1 fully saturated rings. The molecule has 1 aromatic heterocycles. The zero-order chi connectivity index (χ0) is 22.2. The summed E-state index contributed by atoms with van der Waals surface area (Å²) in [5.41, 5.74) is 0.415. The van der Waals surface area contributed by atoms with Crippen LogP contribution in [0.2, 0.25) is 0 Å². The molecule has 1 saturated carbocycles. The minimum Gasteiger partial charge on any atom is -0.493 e. The molecule has 2 N–H and O–H groups in total. The van der Waals surface area contributed by atoms with Gasteiger partial charge in [0, 0.05) is 24.9 Å². The fourth-order valence-electron chi connectivity index (χ4n) is 3.84. The van der Waals surface area contributed by atoms with Crippen LogP contribution >= 0.6 is 0 Å². The summed E-state index contributed by atoms with van der Waals surface area (Å²) < 4.78 is 16.0. The molecule has 2 aromatic rings. The van der Waals surface area contributed by atoms with Gasteiger partial charge in [0.25, 0.3) is 5.56 Å². The predicted octanol–water partition coefficient (Wildman–Crippen LogP) is 2.49. The average Bonchev–Trinajstić information content (AvgIpc) is 2.81. The van der Waals surface area contributed by atoms with Crippen molar-refractivity contribution in [3.8, 4) is 28.6 Å². The summed E-state index contributed by atoms with van der Waals surface area (Å²) in [6.45, 7) is 0.709. The average molecular weight is 431 g/mol. The van der Waals surface area contributed by atoms with Crippen LogP contribution in [-0.4, -0.2) is 49.0 Å². The number of hydrogen-bond donors (Lipinski definition) is 2. The molecule has 1 heterocycles. The van der Waals surface area contributed by atoms with E-state index >= 15 is 0 Å². The van der Waals surface area contributed by atoms with Gasteiger partial charge in [-0.1, -0.05) is 19.3 Å². The van der Waals surface area contributed by atoms with Gasteiger partial charge in [-0.15, -0.1) is 10.2 Å². The van der Waals surface area contributed by atoms with E-state index in [0.717, 1.165) is 0 Å². The van der Waals surface area contributed by atoms with Crippen LogP contribution in [0.1, 0.15) is 44.2 Å². The number of aromatic nitrogens is 3. The van der Waals surface area contributed by atoms with Gasteiger partial charge in [-0.2, -0.15) is 0 Å². The number of amides is 1. The third kappa shape index (κ3) is 5.74. The van der Waals surface area contributed by atoms with E-state index in [2.05, 4.69) is 20.5 Å². The monoisotopic (exact) mass is 430 g/mol. The molecule has 9 heteroatoms. The van der Waals surface area contributed by atoms with Crippen LogP contribution < -0.4 is 25.1 Å². The number of carbonyl (C=O) groups is 1. The van der Waals surface area contributed by atoms with Gasteiger partial charge in [0.2, 0.25) is 11.7 Å². The molecule has 1 amide bonds. The smallest absolute Gasteiger partial charge is 0.273 e. The third-order valence-corrected chi connectivity index (χ3v) is 5.60.